The second-order valence-corrected chi connectivity index (χ2v) is 5.80. The lowest BCUT2D eigenvalue weighted by atomic mass is 10.3. The van der Waals surface area contributed by atoms with Crippen LogP contribution in [0.4, 0.5) is 0 Å². The van der Waals surface area contributed by atoms with Crippen molar-refractivity contribution in [1.82, 2.24) is 0 Å². The molecule has 0 heterocycles. The molecule has 0 amide bonds. The molecule has 5 heteroatoms. The second-order valence-electron chi connectivity index (χ2n) is 3.75. The molecule has 1 aromatic rings. The number of halogens is 2. The van der Waals surface area contributed by atoms with Gasteiger partial charge in [0.05, 0.1) is 11.1 Å². The van der Waals surface area contributed by atoms with E-state index in [2.05, 4.69) is 0 Å². The monoisotopic (exact) mass is 278 g/mol. The number of hydrogen-bond donors (Lipinski definition) is 0. The van der Waals surface area contributed by atoms with Crippen LogP contribution in [-0.2, 0) is 4.52 Å². The highest BCUT2D eigenvalue weighted by molar-refractivity contribution is 7.76. The Morgan fingerprint density at radius 2 is 1.88 bits per heavy atom. The highest BCUT2D eigenvalue weighted by Gasteiger charge is 2.21. The predicted molar refractivity (Wildman–Crippen MR) is 68.2 cm³/mol. The van der Waals surface area contributed by atoms with Crippen LogP contribution in [0.5, 0.6) is 5.75 Å². The summed E-state index contributed by atoms with van der Waals surface area (Å²) in [5, 5.41) is 0.561. The van der Waals surface area contributed by atoms with Crippen molar-refractivity contribution in [3.8, 4) is 5.75 Å². The van der Waals surface area contributed by atoms with E-state index in [0.29, 0.717) is 10.8 Å². The largest absolute Gasteiger partial charge is 0.434 e. The summed E-state index contributed by atoms with van der Waals surface area (Å²) >= 11 is 12.0. The maximum atomic E-state index is 6.03. The fraction of sp³-hybridized carbons (Fsp3) is 0.455. The van der Waals surface area contributed by atoms with Crippen LogP contribution in [0.1, 0.15) is 25.7 Å². The van der Waals surface area contributed by atoms with Gasteiger partial charge in [0.15, 0.2) is 0 Å². The number of rotatable bonds is 4. The van der Waals surface area contributed by atoms with Crippen LogP contribution >= 0.6 is 30.6 Å². The van der Waals surface area contributed by atoms with Crippen molar-refractivity contribution in [3.05, 3.63) is 29.3 Å². The van der Waals surface area contributed by atoms with Crippen LogP contribution in [0, 0.1) is 0 Å². The van der Waals surface area contributed by atoms with Gasteiger partial charge in [0.2, 0.25) is 0 Å². The molecule has 2 rings (SSSR count). The van der Waals surface area contributed by atoms with Crippen LogP contribution in [0.2, 0.25) is 5.02 Å². The molecule has 1 atom stereocenters. The van der Waals surface area contributed by atoms with Crippen molar-refractivity contribution in [2.45, 2.75) is 31.8 Å². The van der Waals surface area contributed by atoms with E-state index >= 15 is 0 Å². The highest BCUT2D eigenvalue weighted by Crippen LogP contribution is 2.48. The summed E-state index contributed by atoms with van der Waals surface area (Å²) in [4.78, 5) is 0. The van der Waals surface area contributed by atoms with Gasteiger partial charge in [0.25, 0.3) is 0 Å². The minimum absolute atomic E-state index is 0.256. The third-order valence-corrected chi connectivity index (χ3v) is 4.10. The first-order valence-corrected chi connectivity index (χ1v) is 7.77. The lowest BCUT2D eigenvalue weighted by Crippen LogP contribution is -2.03. The van der Waals surface area contributed by atoms with Crippen molar-refractivity contribution in [2.75, 3.05) is 0 Å². The van der Waals surface area contributed by atoms with E-state index in [0.717, 1.165) is 12.8 Å². The van der Waals surface area contributed by atoms with E-state index in [4.69, 9.17) is 31.9 Å². The van der Waals surface area contributed by atoms with Gasteiger partial charge in [0, 0.05) is 0 Å². The molecule has 16 heavy (non-hydrogen) atoms. The molecule has 1 fully saturated rings. The van der Waals surface area contributed by atoms with Crippen LogP contribution in [0.25, 0.3) is 0 Å². The van der Waals surface area contributed by atoms with Crippen LogP contribution < -0.4 is 4.52 Å². The second kappa shape index (κ2) is 6.07. The van der Waals surface area contributed by atoms with Crippen LogP contribution in [0.15, 0.2) is 24.3 Å². The minimum atomic E-state index is -1.40. The quantitative estimate of drug-likeness (QED) is 0.710. The number of para-hydroxylation sites is 1. The van der Waals surface area contributed by atoms with Gasteiger partial charge in [-0.05, 0) is 36.2 Å². The van der Waals surface area contributed by atoms with Gasteiger partial charge in [-0.2, -0.15) is 0 Å². The van der Waals surface area contributed by atoms with E-state index < -0.39 is 7.73 Å². The fourth-order valence-electron chi connectivity index (χ4n) is 1.73. The Bertz CT molecular complexity index is 343. The summed E-state index contributed by atoms with van der Waals surface area (Å²) in [5.74, 6) is 0.586. The summed E-state index contributed by atoms with van der Waals surface area (Å²) < 4.78 is 11.1. The molecule has 88 valence electrons. The Labute approximate surface area is 107 Å². The van der Waals surface area contributed by atoms with Gasteiger partial charge in [0.1, 0.15) is 5.75 Å². The zero-order valence-corrected chi connectivity index (χ0v) is 11.1. The average Bonchev–Trinajstić information content (AvgIpc) is 2.74. The van der Waals surface area contributed by atoms with Crippen molar-refractivity contribution in [1.29, 1.82) is 0 Å². The Kier molecular flexibility index (Phi) is 4.72. The van der Waals surface area contributed by atoms with Crippen molar-refractivity contribution in [2.24, 2.45) is 0 Å². The molecule has 0 aromatic heterocycles. The van der Waals surface area contributed by atoms with E-state index in [9.17, 15) is 0 Å². The zero-order valence-electron chi connectivity index (χ0n) is 8.73. The van der Waals surface area contributed by atoms with Crippen LogP contribution in [0.3, 0.4) is 0 Å². The molecule has 0 bridgehead atoms. The first kappa shape index (κ1) is 12.4. The predicted octanol–water partition coefficient (Wildman–Crippen LogP) is 5.14. The van der Waals surface area contributed by atoms with Crippen molar-refractivity contribution in [3.63, 3.8) is 0 Å². The van der Waals surface area contributed by atoms with E-state index in [1.54, 1.807) is 12.1 Å². The molecule has 0 aliphatic heterocycles. The summed E-state index contributed by atoms with van der Waals surface area (Å²) in [6.45, 7) is 0. The maximum Gasteiger partial charge on any atom is 0.338 e. The standard InChI is InChI=1S/C11H13Cl2O2P/c12-10-7-3-4-8-11(10)15-16(13)14-9-5-1-2-6-9/h3-4,7-9H,1-2,5-6H2. The maximum absolute atomic E-state index is 6.03. The molecule has 0 radical (unpaired) electrons. The summed E-state index contributed by atoms with van der Waals surface area (Å²) in [6, 6.07) is 7.27. The highest BCUT2D eigenvalue weighted by atomic mass is 35.7. The number of hydrogen-bond acceptors (Lipinski definition) is 2. The molecule has 0 spiro atoms. The molecule has 2 nitrogen and oxygen atoms in total. The first-order valence-electron chi connectivity index (χ1n) is 5.31. The molecular weight excluding hydrogens is 266 g/mol. The first-order chi connectivity index (χ1) is 7.75. The van der Waals surface area contributed by atoms with Gasteiger partial charge < -0.3 is 9.05 Å². The van der Waals surface area contributed by atoms with Gasteiger partial charge in [-0.1, -0.05) is 36.6 Å². The lowest BCUT2D eigenvalue weighted by molar-refractivity contribution is 0.220. The summed E-state index contributed by atoms with van der Waals surface area (Å²) in [7, 11) is -1.40. The molecule has 0 N–H and O–H groups in total. The Morgan fingerprint density at radius 1 is 1.19 bits per heavy atom. The minimum Gasteiger partial charge on any atom is -0.434 e. The van der Waals surface area contributed by atoms with Gasteiger partial charge in [-0.15, -0.1) is 0 Å². The normalized spacial score (nSPS) is 18.6. The topological polar surface area (TPSA) is 18.5 Å². The average molecular weight is 279 g/mol. The molecule has 1 aliphatic rings. The molecular formula is C11H13Cl2O2P. The molecule has 0 saturated heterocycles. The fourth-order valence-corrected chi connectivity index (χ4v) is 3.32. The van der Waals surface area contributed by atoms with E-state index in [-0.39, 0.29) is 6.10 Å². The third kappa shape index (κ3) is 3.49. The third-order valence-electron chi connectivity index (χ3n) is 2.54. The van der Waals surface area contributed by atoms with Crippen LogP contribution in [-0.4, -0.2) is 6.10 Å². The summed E-state index contributed by atoms with van der Waals surface area (Å²) in [6.07, 6.45) is 4.86. The smallest absolute Gasteiger partial charge is 0.338 e. The Balaban J connectivity index is 1.86. The van der Waals surface area contributed by atoms with Gasteiger partial charge in [-0.25, -0.2) is 0 Å². The number of benzene rings is 1. The summed E-state index contributed by atoms with van der Waals surface area (Å²) in [5.41, 5.74) is 0. The molecule has 1 unspecified atom stereocenters. The SMILES string of the molecule is Clc1ccccc1OP(Cl)OC1CCCC1. The Morgan fingerprint density at radius 3 is 2.56 bits per heavy atom. The van der Waals surface area contributed by atoms with Crippen molar-refractivity contribution < 1.29 is 9.05 Å². The molecule has 1 aliphatic carbocycles. The Hall–Kier alpha value is -0.0100. The molecule has 1 aromatic carbocycles. The van der Waals surface area contributed by atoms with E-state index in [1.165, 1.54) is 12.8 Å². The van der Waals surface area contributed by atoms with Crippen molar-refractivity contribution >= 4 is 30.6 Å². The molecule has 1 saturated carbocycles. The lowest BCUT2D eigenvalue weighted by Gasteiger charge is -2.16. The zero-order chi connectivity index (χ0) is 11.4. The van der Waals surface area contributed by atoms with E-state index in [1.807, 2.05) is 12.1 Å². The van der Waals surface area contributed by atoms with Gasteiger partial charge >= 0.3 is 7.73 Å². The van der Waals surface area contributed by atoms with Gasteiger partial charge in [-0.3, -0.25) is 0 Å².